The predicted molar refractivity (Wildman–Crippen MR) is 181 cm³/mol. The van der Waals surface area contributed by atoms with Gasteiger partial charge >= 0.3 is 29.8 Å². The first kappa shape index (κ1) is 43.0. The summed E-state index contributed by atoms with van der Waals surface area (Å²) in [6.45, 7) is 29.1. The summed E-state index contributed by atoms with van der Waals surface area (Å²) in [5.41, 5.74) is -6.90. The van der Waals surface area contributed by atoms with Crippen LogP contribution in [-0.2, 0) is 47.7 Å². The maximum Gasteiger partial charge on any atom is 0.312 e. The molecule has 0 saturated carbocycles. The van der Waals surface area contributed by atoms with Crippen molar-refractivity contribution in [2.24, 2.45) is 27.1 Å². The Kier molecular flexibility index (Phi) is 17.4. The van der Waals surface area contributed by atoms with Crippen LogP contribution in [0.2, 0.25) is 0 Å². The van der Waals surface area contributed by atoms with Crippen molar-refractivity contribution in [2.75, 3.05) is 33.0 Å². The minimum Gasteiger partial charge on any atom is -0.461 e. The molecule has 10 heteroatoms. The second kappa shape index (κ2) is 19.0. The SMILES string of the molecule is C=CCOC(=O)C(C)(C)CC(C)(CC(C)(CC(C)(CC(C)(CC)C(=O)OCC=C)C(=O)OCC=C)C(=O)OCC=C)C(=O)OCC=C. The lowest BCUT2D eigenvalue weighted by Crippen LogP contribution is -2.49. The van der Waals surface area contributed by atoms with Gasteiger partial charge < -0.3 is 23.7 Å². The molecule has 0 heterocycles. The summed E-state index contributed by atoms with van der Waals surface area (Å²) < 4.78 is 27.3. The van der Waals surface area contributed by atoms with Gasteiger partial charge in [-0.15, -0.1) is 0 Å². The largest absolute Gasteiger partial charge is 0.461 e. The Morgan fingerprint density at radius 1 is 0.426 bits per heavy atom. The summed E-state index contributed by atoms with van der Waals surface area (Å²) in [5, 5.41) is 0. The van der Waals surface area contributed by atoms with Crippen LogP contribution in [0.15, 0.2) is 63.3 Å². The monoisotopic (exact) mass is 660 g/mol. The molecule has 0 bridgehead atoms. The van der Waals surface area contributed by atoms with Gasteiger partial charge in [-0.3, -0.25) is 24.0 Å². The standard InChI is InChI=1S/C37H56O10/c1-13-19-43-28(38)33(7,8)24-35(10,30(40)45-21-15-3)26-37(12,32(42)47-23-17-5)27-36(11,31(41)46-22-16-4)25-34(9,18-6)29(39)44-20-14-2/h13-17H,1-5,18-27H2,6-12H3. The highest BCUT2D eigenvalue weighted by Gasteiger charge is 2.55. The van der Waals surface area contributed by atoms with E-state index in [1.807, 2.05) is 0 Å². The van der Waals surface area contributed by atoms with Crippen molar-refractivity contribution in [2.45, 2.75) is 80.6 Å². The lowest BCUT2D eigenvalue weighted by Gasteiger charge is -2.44. The Labute approximate surface area is 281 Å². The van der Waals surface area contributed by atoms with Crippen LogP contribution in [-0.4, -0.2) is 62.9 Å². The number of carbonyl (C=O) groups excluding carboxylic acids is 5. The molecular formula is C37H56O10. The lowest BCUT2D eigenvalue weighted by molar-refractivity contribution is -0.172. The van der Waals surface area contributed by atoms with Gasteiger partial charge in [-0.05, 0) is 73.6 Å². The number of rotatable bonds is 24. The van der Waals surface area contributed by atoms with Gasteiger partial charge in [0.25, 0.3) is 0 Å². The fourth-order valence-electron chi connectivity index (χ4n) is 6.16. The maximum absolute atomic E-state index is 14.0. The number of carbonyl (C=O) groups is 5. The molecule has 0 aliphatic rings. The van der Waals surface area contributed by atoms with Crippen LogP contribution in [0.25, 0.3) is 0 Å². The first-order valence-corrected chi connectivity index (χ1v) is 15.7. The zero-order valence-electron chi connectivity index (χ0n) is 29.6. The van der Waals surface area contributed by atoms with Gasteiger partial charge in [0.1, 0.15) is 33.0 Å². The third-order valence-electron chi connectivity index (χ3n) is 8.14. The Bertz CT molecular complexity index is 1170. The minimum atomic E-state index is -1.56. The molecule has 0 aromatic carbocycles. The summed E-state index contributed by atoms with van der Waals surface area (Å²) in [7, 11) is 0. The molecule has 10 nitrogen and oxygen atoms in total. The van der Waals surface area contributed by atoms with Gasteiger partial charge in [0, 0.05) is 0 Å². The highest BCUT2D eigenvalue weighted by Crippen LogP contribution is 2.52. The van der Waals surface area contributed by atoms with Gasteiger partial charge in [-0.1, -0.05) is 70.2 Å². The van der Waals surface area contributed by atoms with E-state index in [0.717, 1.165) is 0 Å². The van der Waals surface area contributed by atoms with Crippen LogP contribution in [0.3, 0.4) is 0 Å². The smallest absolute Gasteiger partial charge is 0.312 e. The second-order valence-electron chi connectivity index (χ2n) is 13.6. The van der Waals surface area contributed by atoms with E-state index in [1.54, 1.807) is 48.5 Å². The van der Waals surface area contributed by atoms with Crippen LogP contribution in [0.1, 0.15) is 80.6 Å². The third kappa shape index (κ3) is 12.6. The number of ether oxygens (including phenoxy) is 5. The highest BCUT2D eigenvalue weighted by molar-refractivity contribution is 5.85. The average Bonchev–Trinajstić information content (AvgIpc) is 3.01. The molecule has 0 aliphatic heterocycles. The third-order valence-corrected chi connectivity index (χ3v) is 8.14. The van der Waals surface area contributed by atoms with E-state index in [0.29, 0.717) is 6.42 Å². The van der Waals surface area contributed by atoms with Crippen LogP contribution in [0, 0.1) is 27.1 Å². The summed E-state index contributed by atoms with van der Waals surface area (Å²) in [4.78, 5) is 68.0. The van der Waals surface area contributed by atoms with Crippen molar-refractivity contribution in [1.82, 2.24) is 0 Å². The van der Waals surface area contributed by atoms with Crippen molar-refractivity contribution in [3.63, 3.8) is 0 Å². The first-order chi connectivity index (χ1) is 21.8. The van der Waals surface area contributed by atoms with Gasteiger partial charge in [-0.25, -0.2) is 0 Å². The fourth-order valence-corrected chi connectivity index (χ4v) is 6.16. The molecule has 0 radical (unpaired) electrons. The molecule has 0 aromatic heterocycles. The molecule has 4 unspecified atom stereocenters. The van der Waals surface area contributed by atoms with E-state index in [9.17, 15) is 24.0 Å². The first-order valence-electron chi connectivity index (χ1n) is 15.7. The van der Waals surface area contributed by atoms with Crippen LogP contribution in [0.5, 0.6) is 0 Å². The molecule has 0 spiro atoms. The summed E-state index contributed by atoms with van der Waals surface area (Å²) >= 11 is 0. The molecule has 0 N–H and O–H groups in total. The zero-order chi connectivity index (χ0) is 36.5. The van der Waals surface area contributed by atoms with Gasteiger partial charge in [-0.2, -0.15) is 0 Å². The van der Waals surface area contributed by atoms with Crippen molar-refractivity contribution in [1.29, 1.82) is 0 Å². The van der Waals surface area contributed by atoms with Crippen molar-refractivity contribution < 1.29 is 47.7 Å². The van der Waals surface area contributed by atoms with Crippen molar-refractivity contribution in [3.05, 3.63) is 63.3 Å². The Balaban J connectivity index is 7.31. The summed E-state index contributed by atoms with van der Waals surface area (Å²) in [5.74, 6) is -3.21. The van der Waals surface area contributed by atoms with E-state index in [4.69, 9.17) is 23.7 Å². The van der Waals surface area contributed by atoms with Gasteiger partial charge in [0.2, 0.25) is 0 Å². The molecule has 47 heavy (non-hydrogen) atoms. The predicted octanol–water partition coefficient (Wildman–Crippen LogP) is 6.65. The normalized spacial score (nSPS) is 16.2. The molecule has 0 aliphatic carbocycles. The Morgan fingerprint density at radius 3 is 0.936 bits per heavy atom. The van der Waals surface area contributed by atoms with E-state index in [1.165, 1.54) is 30.4 Å². The number of hydrogen-bond acceptors (Lipinski definition) is 10. The molecule has 0 aromatic rings. The lowest BCUT2D eigenvalue weighted by atomic mass is 9.59. The Morgan fingerprint density at radius 2 is 0.660 bits per heavy atom. The van der Waals surface area contributed by atoms with Crippen molar-refractivity contribution in [3.8, 4) is 0 Å². The molecule has 0 amide bonds. The summed E-state index contributed by atoms with van der Waals surface area (Å²) in [6, 6.07) is 0. The quantitative estimate of drug-likeness (QED) is 0.0629. The zero-order valence-corrected chi connectivity index (χ0v) is 29.6. The minimum absolute atomic E-state index is 0.0200. The molecule has 0 fully saturated rings. The maximum atomic E-state index is 14.0. The Hall–Kier alpha value is -3.95. The van der Waals surface area contributed by atoms with E-state index in [2.05, 4.69) is 32.9 Å². The molecule has 0 rings (SSSR count). The van der Waals surface area contributed by atoms with Gasteiger partial charge in [0.05, 0.1) is 27.1 Å². The van der Waals surface area contributed by atoms with Crippen molar-refractivity contribution >= 4 is 29.8 Å². The summed E-state index contributed by atoms with van der Waals surface area (Å²) in [6.07, 6.45) is 6.82. The van der Waals surface area contributed by atoms with Crippen LogP contribution in [0.4, 0.5) is 0 Å². The highest BCUT2D eigenvalue weighted by atomic mass is 16.5. The number of esters is 5. The molecule has 0 saturated heterocycles. The van der Waals surface area contributed by atoms with E-state index in [-0.39, 0.29) is 58.7 Å². The van der Waals surface area contributed by atoms with Gasteiger partial charge in [0.15, 0.2) is 0 Å². The fraction of sp³-hybridized carbons (Fsp3) is 0.595. The molecule has 4 atom stereocenters. The molecular weight excluding hydrogens is 604 g/mol. The topological polar surface area (TPSA) is 132 Å². The average molecular weight is 661 g/mol. The number of hydrogen-bond donors (Lipinski definition) is 0. The van der Waals surface area contributed by atoms with E-state index >= 15 is 0 Å². The van der Waals surface area contributed by atoms with Crippen LogP contribution < -0.4 is 0 Å². The van der Waals surface area contributed by atoms with Crippen LogP contribution >= 0.6 is 0 Å². The van der Waals surface area contributed by atoms with E-state index < -0.39 is 56.9 Å². The second-order valence-corrected chi connectivity index (χ2v) is 13.6. The molecule has 264 valence electrons.